The number of benzene rings is 2. The number of nitrogens with zero attached hydrogens (tertiary/aromatic N) is 1. The van der Waals surface area contributed by atoms with Crippen LogP contribution in [0.3, 0.4) is 0 Å². The first-order chi connectivity index (χ1) is 12.5. The molecule has 2 aromatic carbocycles. The number of rotatable bonds is 8. The van der Waals surface area contributed by atoms with E-state index in [-0.39, 0.29) is 11.7 Å². The van der Waals surface area contributed by atoms with Crippen LogP contribution in [-0.4, -0.2) is 29.2 Å². The summed E-state index contributed by atoms with van der Waals surface area (Å²) in [6.45, 7) is 4.79. The van der Waals surface area contributed by atoms with Crippen molar-refractivity contribution in [1.82, 2.24) is 4.90 Å². The average molecular weight is 350 g/mol. The van der Waals surface area contributed by atoms with Crippen LogP contribution in [0.4, 0.5) is 5.69 Å². The number of carbonyl (C=O) groups is 2. The lowest BCUT2D eigenvalue weighted by Crippen LogP contribution is -2.40. The van der Waals surface area contributed by atoms with Crippen LogP contribution in [0.25, 0.3) is 0 Å². The largest absolute Gasteiger partial charge is 0.324 e. The third-order valence-electron chi connectivity index (χ3n) is 5.04. The zero-order chi connectivity index (χ0) is 18.5. The van der Waals surface area contributed by atoms with Gasteiger partial charge >= 0.3 is 0 Å². The fraction of sp³-hybridized carbons (Fsp3) is 0.364. The monoisotopic (exact) mass is 350 g/mol. The topological polar surface area (TPSA) is 49.4 Å². The maximum Gasteiger partial charge on any atom is 0.238 e. The van der Waals surface area contributed by atoms with Crippen molar-refractivity contribution in [3.05, 3.63) is 65.7 Å². The van der Waals surface area contributed by atoms with Crippen LogP contribution in [0.5, 0.6) is 0 Å². The number of carbonyl (C=O) groups excluding carboxylic acids is 2. The van der Waals surface area contributed by atoms with Gasteiger partial charge in [0.2, 0.25) is 5.91 Å². The van der Waals surface area contributed by atoms with Crippen molar-refractivity contribution in [3.63, 3.8) is 0 Å². The molecule has 1 aliphatic rings. The van der Waals surface area contributed by atoms with Gasteiger partial charge < -0.3 is 5.32 Å². The fourth-order valence-corrected chi connectivity index (χ4v) is 3.31. The maximum absolute atomic E-state index is 12.7. The Bertz CT molecular complexity index is 769. The second-order valence-corrected chi connectivity index (χ2v) is 7.12. The van der Waals surface area contributed by atoms with E-state index in [2.05, 4.69) is 29.3 Å². The Balaban J connectivity index is 1.70. The van der Waals surface area contributed by atoms with Crippen LogP contribution in [-0.2, 0) is 11.3 Å². The molecule has 0 aliphatic heterocycles. The molecule has 0 aromatic heterocycles. The Labute approximate surface area is 155 Å². The Morgan fingerprint density at radius 2 is 1.73 bits per heavy atom. The molecule has 136 valence electrons. The van der Waals surface area contributed by atoms with Gasteiger partial charge in [-0.15, -0.1) is 0 Å². The molecule has 1 N–H and O–H groups in total. The molecule has 4 nitrogen and oxygen atoms in total. The predicted octanol–water partition coefficient (Wildman–Crippen LogP) is 4.13. The second kappa shape index (κ2) is 8.28. The van der Waals surface area contributed by atoms with Crippen molar-refractivity contribution in [2.75, 3.05) is 11.9 Å². The number of hydrogen-bond acceptors (Lipinski definition) is 3. The van der Waals surface area contributed by atoms with Crippen LogP contribution < -0.4 is 5.32 Å². The maximum atomic E-state index is 12.7. The highest BCUT2D eigenvalue weighted by atomic mass is 16.2. The minimum Gasteiger partial charge on any atom is -0.324 e. The highest BCUT2D eigenvalue weighted by Gasteiger charge is 2.32. The van der Waals surface area contributed by atoms with Crippen molar-refractivity contribution >= 4 is 17.4 Å². The van der Waals surface area contributed by atoms with E-state index in [1.165, 1.54) is 25.3 Å². The zero-order valence-corrected chi connectivity index (χ0v) is 15.4. The molecule has 0 radical (unpaired) electrons. The van der Waals surface area contributed by atoms with E-state index in [9.17, 15) is 9.59 Å². The molecular formula is C22H26N2O2. The van der Waals surface area contributed by atoms with Gasteiger partial charge in [0.25, 0.3) is 0 Å². The van der Waals surface area contributed by atoms with E-state index >= 15 is 0 Å². The van der Waals surface area contributed by atoms with Gasteiger partial charge in [-0.05, 0) is 50.3 Å². The molecule has 1 unspecified atom stereocenters. The number of hydrogen-bond donors (Lipinski definition) is 1. The zero-order valence-electron chi connectivity index (χ0n) is 15.4. The first kappa shape index (κ1) is 18.3. The molecule has 4 heteroatoms. The van der Waals surface area contributed by atoms with Crippen molar-refractivity contribution in [3.8, 4) is 0 Å². The normalized spacial score (nSPS) is 14.9. The summed E-state index contributed by atoms with van der Waals surface area (Å²) in [6, 6.07) is 17.8. The van der Waals surface area contributed by atoms with Gasteiger partial charge in [0, 0.05) is 18.2 Å². The number of amides is 1. The van der Waals surface area contributed by atoms with Gasteiger partial charge in [-0.25, -0.2) is 0 Å². The van der Waals surface area contributed by atoms with Crippen LogP contribution >= 0.6 is 0 Å². The molecule has 3 rings (SSSR count). The van der Waals surface area contributed by atoms with Crippen LogP contribution in [0.15, 0.2) is 54.6 Å². The smallest absolute Gasteiger partial charge is 0.238 e. The first-order valence-electron chi connectivity index (χ1n) is 9.22. The molecule has 1 aliphatic carbocycles. The van der Waals surface area contributed by atoms with Gasteiger partial charge in [-0.3, -0.25) is 14.5 Å². The van der Waals surface area contributed by atoms with Gasteiger partial charge in [0.15, 0.2) is 5.78 Å². The summed E-state index contributed by atoms with van der Waals surface area (Å²) in [6.07, 6.45) is 2.47. The Hall–Kier alpha value is -2.46. The molecule has 1 amide bonds. The van der Waals surface area contributed by atoms with E-state index in [0.29, 0.717) is 29.8 Å². The van der Waals surface area contributed by atoms with E-state index in [4.69, 9.17) is 0 Å². The molecule has 1 fully saturated rings. The summed E-state index contributed by atoms with van der Waals surface area (Å²) in [7, 11) is 0. The van der Waals surface area contributed by atoms with Crippen LogP contribution in [0.2, 0.25) is 0 Å². The van der Waals surface area contributed by atoms with Gasteiger partial charge in [0.1, 0.15) is 0 Å². The standard InChI is InChI=1S/C22H26N2O2/c1-16(19-12-13-19)24(14-18-8-4-3-5-9-18)15-22(26)23-21-11-7-6-10-20(21)17(2)25/h3-11,16,19H,12-15H2,1-2H3,(H,23,26). The fourth-order valence-electron chi connectivity index (χ4n) is 3.31. The van der Waals surface area contributed by atoms with Gasteiger partial charge in [0.05, 0.1) is 12.2 Å². The lowest BCUT2D eigenvalue weighted by Gasteiger charge is -2.29. The Morgan fingerprint density at radius 1 is 1.08 bits per heavy atom. The van der Waals surface area contributed by atoms with Gasteiger partial charge in [-0.2, -0.15) is 0 Å². The third kappa shape index (κ3) is 4.79. The molecule has 0 bridgehead atoms. The molecule has 1 atom stereocenters. The van der Waals surface area contributed by atoms with Crippen molar-refractivity contribution in [2.24, 2.45) is 5.92 Å². The molecule has 2 aromatic rings. The van der Waals surface area contributed by atoms with Crippen LogP contribution in [0, 0.1) is 5.92 Å². The lowest BCUT2D eigenvalue weighted by atomic mass is 10.1. The van der Waals surface area contributed by atoms with Crippen molar-refractivity contribution in [2.45, 2.75) is 39.3 Å². The van der Waals surface area contributed by atoms with Crippen molar-refractivity contribution in [1.29, 1.82) is 0 Å². The number of anilines is 1. The lowest BCUT2D eigenvalue weighted by molar-refractivity contribution is -0.118. The quantitative estimate of drug-likeness (QED) is 0.728. The minimum atomic E-state index is -0.0814. The predicted molar refractivity (Wildman–Crippen MR) is 104 cm³/mol. The molecule has 1 saturated carbocycles. The second-order valence-electron chi connectivity index (χ2n) is 7.12. The van der Waals surface area contributed by atoms with Gasteiger partial charge in [-0.1, -0.05) is 42.5 Å². The summed E-state index contributed by atoms with van der Waals surface area (Å²) >= 11 is 0. The Kier molecular flexibility index (Phi) is 5.84. The summed E-state index contributed by atoms with van der Waals surface area (Å²) in [5.74, 6) is 0.548. The summed E-state index contributed by atoms with van der Waals surface area (Å²) in [4.78, 5) is 26.7. The minimum absolute atomic E-state index is 0.0478. The highest BCUT2D eigenvalue weighted by Crippen LogP contribution is 2.35. The molecule has 0 heterocycles. The highest BCUT2D eigenvalue weighted by molar-refractivity contribution is 6.04. The summed E-state index contributed by atoms with van der Waals surface area (Å²) in [5.41, 5.74) is 2.34. The molecule has 26 heavy (non-hydrogen) atoms. The van der Waals surface area contributed by atoms with Crippen LogP contribution in [0.1, 0.15) is 42.6 Å². The average Bonchev–Trinajstić information content (AvgIpc) is 3.47. The first-order valence-corrected chi connectivity index (χ1v) is 9.22. The number of para-hydroxylation sites is 1. The summed E-state index contributed by atoms with van der Waals surface area (Å²) < 4.78 is 0. The molecule has 0 saturated heterocycles. The Morgan fingerprint density at radius 3 is 2.38 bits per heavy atom. The van der Waals surface area contributed by atoms with Crippen molar-refractivity contribution < 1.29 is 9.59 Å². The van der Waals surface area contributed by atoms with E-state index in [0.717, 1.165) is 6.54 Å². The third-order valence-corrected chi connectivity index (χ3v) is 5.04. The number of Topliss-reactive ketones (excluding diaryl/α,β-unsaturated/α-hetero) is 1. The van der Waals surface area contributed by atoms with E-state index < -0.39 is 0 Å². The summed E-state index contributed by atoms with van der Waals surface area (Å²) in [5, 5.41) is 2.92. The molecule has 0 spiro atoms. The number of nitrogens with one attached hydrogen (secondary N) is 1. The van der Waals surface area contributed by atoms with E-state index in [1.807, 2.05) is 30.3 Å². The number of ketones is 1. The van der Waals surface area contributed by atoms with E-state index in [1.54, 1.807) is 12.1 Å². The molecular weight excluding hydrogens is 324 g/mol. The SMILES string of the molecule is CC(=O)c1ccccc1NC(=O)CN(Cc1ccccc1)C(C)C1CC1.